The molecule has 1 aliphatic heterocycles. The van der Waals surface area contributed by atoms with Gasteiger partial charge in [0, 0.05) is 13.0 Å². The largest absolute Gasteiger partial charge is 0.480 e. The van der Waals surface area contributed by atoms with Gasteiger partial charge in [0.25, 0.3) is 0 Å². The highest BCUT2D eigenvalue weighted by molar-refractivity contribution is 5.84. The van der Waals surface area contributed by atoms with Crippen LogP contribution in [0.25, 0.3) is 0 Å². The van der Waals surface area contributed by atoms with Crippen LogP contribution in [0.4, 0.5) is 0 Å². The zero-order valence-electron chi connectivity index (χ0n) is 12.6. The third kappa shape index (κ3) is 4.12. The van der Waals surface area contributed by atoms with E-state index in [1.54, 1.807) is 0 Å². The maximum absolute atomic E-state index is 11.2. The monoisotopic (exact) mass is 300 g/mol. The molecule has 0 saturated carbocycles. The lowest BCUT2D eigenvalue weighted by Crippen LogP contribution is -2.52. The Morgan fingerprint density at radius 1 is 1.67 bits per heavy atom. The molecule has 0 spiro atoms. The second kappa shape index (κ2) is 7.33. The number of nitrogens with two attached hydrogens (primary N) is 1. The van der Waals surface area contributed by atoms with E-state index in [2.05, 4.69) is 11.9 Å². The van der Waals surface area contributed by atoms with Gasteiger partial charge in [0.15, 0.2) is 0 Å². The smallest absolute Gasteiger partial charge is 0.370 e. The van der Waals surface area contributed by atoms with E-state index in [4.69, 9.17) is 20.3 Å². The molecule has 5 atom stereocenters. The van der Waals surface area contributed by atoms with E-state index in [0.717, 1.165) is 0 Å². The molecule has 0 radical (unpaired) electrons. The molecule has 21 heavy (non-hydrogen) atoms. The van der Waals surface area contributed by atoms with Crippen molar-refractivity contribution in [3.63, 3.8) is 0 Å². The minimum atomic E-state index is -1.18. The quantitative estimate of drug-likeness (QED) is 0.529. The summed E-state index contributed by atoms with van der Waals surface area (Å²) in [4.78, 5) is 11.2. The van der Waals surface area contributed by atoms with Crippen LogP contribution in [0.1, 0.15) is 20.3 Å². The van der Waals surface area contributed by atoms with Gasteiger partial charge in [0.05, 0.1) is 18.0 Å². The number of ether oxygens (including phenoxy) is 2. The predicted octanol–water partition coefficient (Wildman–Crippen LogP) is 0.164. The Balaban J connectivity index is 3.07. The zero-order valence-corrected chi connectivity index (χ0v) is 12.6. The van der Waals surface area contributed by atoms with Crippen molar-refractivity contribution in [1.29, 1.82) is 0 Å². The molecule has 0 aromatic rings. The van der Waals surface area contributed by atoms with Gasteiger partial charge in [-0.2, -0.15) is 0 Å². The Kier molecular flexibility index (Phi) is 6.04. The standard InChI is InChI=1S/C14H24N2O5/c1-5-10(17)13(20-4)12-7(2)9(16-8(3)15)6-11(21-12)14(18)19/h6-7,9-10,12-13,16-17H,3,5,15H2,1-2,4H3,(H,18,19)/t7-,9+,10-,12-,13-/m1/s1. The molecule has 120 valence electrons. The number of hydrogen-bond donors (Lipinski definition) is 4. The number of methoxy groups -OCH3 is 1. The fourth-order valence-electron chi connectivity index (χ4n) is 2.43. The van der Waals surface area contributed by atoms with Crippen LogP contribution in [0.2, 0.25) is 0 Å². The third-order valence-electron chi connectivity index (χ3n) is 3.63. The third-order valence-corrected chi connectivity index (χ3v) is 3.63. The predicted molar refractivity (Wildman–Crippen MR) is 77.1 cm³/mol. The summed E-state index contributed by atoms with van der Waals surface area (Å²) in [5.41, 5.74) is 5.54. The van der Waals surface area contributed by atoms with E-state index in [1.807, 2.05) is 13.8 Å². The van der Waals surface area contributed by atoms with Gasteiger partial charge in [-0.1, -0.05) is 20.4 Å². The molecule has 0 bridgehead atoms. The molecule has 7 nitrogen and oxygen atoms in total. The first-order valence-electron chi connectivity index (χ1n) is 6.85. The topological polar surface area (TPSA) is 114 Å². The molecular formula is C14H24N2O5. The van der Waals surface area contributed by atoms with Gasteiger partial charge in [-0.3, -0.25) is 0 Å². The molecule has 1 rings (SSSR count). The van der Waals surface area contributed by atoms with Crippen molar-refractivity contribution < 1.29 is 24.5 Å². The minimum Gasteiger partial charge on any atom is -0.480 e. The van der Waals surface area contributed by atoms with Crippen LogP contribution in [0, 0.1) is 5.92 Å². The second-order valence-electron chi connectivity index (χ2n) is 5.15. The minimum absolute atomic E-state index is 0.167. The molecule has 0 amide bonds. The maximum Gasteiger partial charge on any atom is 0.370 e. The van der Waals surface area contributed by atoms with Crippen molar-refractivity contribution in [2.24, 2.45) is 11.7 Å². The highest BCUT2D eigenvalue weighted by Crippen LogP contribution is 2.29. The number of carbonyl (C=O) groups is 1. The molecule has 7 heteroatoms. The second-order valence-corrected chi connectivity index (χ2v) is 5.15. The zero-order chi connectivity index (χ0) is 16.2. The maximum atomic E-state index is 11.2. The summed E-state index contributed by atoms with van der Waals surface area (Å²) >= 11 is 0. The molecule has 1 heterocycles. The average molecular weight is 300 g/mol. The first-order valence-corrected chi connectivity index (χ1v) is 6.85. The van der Waals surface area contributed by atoms with Crippen LogP contribution < -0.4 is 11.1 Å². The van der Waals surface area contributed by atoms with E-state index in [-0.39, 0.29) is 23.5 Å². The Bertz CT molecular complexity index is 424. The lowest BCUT2D eigenvalue weighted by Gasteiger charge is -2.40. The summed E-state index contributed by atoms with van der Waals surface area (Å²) in [5.74, 6) is -1.30. The van der Waals surface area contributed by atoms with Gasteiger partial charge in [0.1, 0.15) is 12.2 Å². The summed E-state index contributed by atoms with van der Waals surface area (Å²) in [5, 5.41) is 22.1. The fraction of sp³-hybridized carbons (Fsp3) is 0.643. The van der Waals surface area contributed by atoms with Crippen LogP contribution in [0.5, 0.6) is 0 Å². The lowest BCUT2D eigenvalue weighted by atomic mass is 9.86. The van der Waals surface area contributed by atoms with Crippen molar-refractivity contribution in [3.05, 3.63) is 24.2 Å². The van der Waals surface area contributed by atoms with Crippen molar-refractivity contribution in [1.82, 2.24) is 5.32 Å². The number of nitrogens with one attached hydrogen (secondary N) is 1. The number of hydrogen-bond acceptors (Lipinski definition) is 6. The van der Waals surface area contributed by atoms with Gasteiger partial charge >= 0.3 is 5.97 Å². The number of carboxylic acids is 1. The van der Waals surface area contributed by atoms with E-state index < -0.39 is 24.3 Å². The van der Waals surface area contributed by atoms with Crippen LogP contribution >= 0.6 is 0 Å². The number of aliphatic hydroxyl groups is 1. The summed E-state index contributed by atoms with van der Waals surface area (Å²) in [7, 11) is 1.46. The van der Waals surface area contributed by atoms with E-state index >= 15 is 0 Å². The first-order chi connectivity index (χ1) is 9.81. The van der Waals surface area contributed by atoms with E-state index in [1.165, 1.54) is 13.2 Å². The summed E-state index contributed by atoms with van der Waals surface area (Å²) in [6.07, 6.45) is -0.0792. The van der Waals surface area contributed by atoms with Crippen molar-refractivity contribution >= 4 is 5.97 Å². The molecule has 5 N–H and O–H groups in total. The molecular weight excluding hydrogens is 276 g/mol. The van der Waals surface area contributed by atoms with Crippen LogP contribution in [-0.2, 0) is 14.3 Å². The molecule has 0 aromatic carbocycles. The number of aliphatic carboxylic acids is 1. The van der Waals surface area contributed by atoms with Crippen molar-refractivity contribution in [2.45, 2.75) is 44.6 Å². The fourth-order valence-corrected chi connectivity index (χ4v) is 2.43. The van der Waals surface area contributed by atoms with E-state index in [9.17, 15) is 9.90 Å². The van der Waals surface area contributed by atoms with Crippen LogP contribution in [-0.4, -0.2) is 47.6 Å². The number of aliphatic hydroxyl groups excluding tert-OH is 1. The summed E-state index contributed by atoms with van der Waals surface area (Å²) in [6, 6.07) is -0.367. The Morgan fingerprint density at radius 2 is 2.29 bits per heavy atom. The Labute approximate surface area is 124 Å². The number of carboxylic acid groups (broad SMARTS) is 1. The summed E-state index contributed by atoms with van der Waals surface area (Å²) in [6.45, 7) is 7.25. The summed E-state index contributed by atoms with van der Waals surface area (Å²) < 4.78 is 10.8. The molecule has 0 aromatic heterocycles. The normalized spacial score (nSPS) is 28.0. The highest BCUT2D eigenvalue weighted by Gasteiger charge is 2.41. The Hall–Kier alpha value is -1.73. The van der Waals surface area contributed by atoms with Crippen LogP contribution in [0.3, 0.4) is 0 Å². The first kappa shape index (κ1) is 17.3. The molecule has 1 aliphatic rings. The average Bonchev–Trinajstić information content (AvgIpc) is 2.42. The molecule has 0 saturated heterocycles. The molecule has 0 unspecified atom stereocenters. The molecule has 0 aliphatic carbocycles. The molecule has 0 fully saturated rings. The van der Waals surface area contributed by atoms with Gasteiger partial charge < -0.3 is 30.7 Å². The SMILES string of the molecule is C=C(N)N[C@H]1C=C(C(=O)O)O[C@@H]([C@H](OC)[C@H](O)CC)[C@@H]1C. The lowest BCUT2D eigenvalue weighted by molar-refractivity contribution is -0.148. The number of rotatable bonds is 7. The van der Waals surface area contributed by atoms with Gasteiger partial charge in [-0.25, -0.2) is 4.79 Å². The highest BCUT2D eigenvalue weighted by atomic mass is 16.6. The van der Waals surface area contributed by atoms with Gasteiger partial charge in [-0.15, -0.1) is 0 Å². The van der Waals surface area contributed by atoms with Gasteiger partial charge in [0.2, 0.25) is 5.76 Å². The van der Waals surface area contributed by atoms with Crippen molar-refractivity contribution in [3.8, 4) is 0 Å². The van der Waals surface area contributed by atoms with Crippen molar-refractivity contribution in [2.75, 3.05) is 7.11 Å². The van der Waals surface area contributed by atoms with Gasteiger partial charge in [-0.05, 0) is 12.5 Å². The Morgan fingerprint density at radius 3 is 2.71 bits per heavy atom. The van der Waals surface area contributed by atoms with E-state index in [0.29, 0.717) is 6.42 Å². The van der Waals surface area contributed by atoms with Crippen LogP contribution in [0.15, 0.2) is 24.2 Å².